The second kappa shape index (κ2) is 2.23. The van der Waals surface area contributed by atoms with Crippen molar-refractivity contribution in [2.75, 3.05) is 6.54 Å². The van der Waals surface area contributed by atoms with E-state index in [-0.39, 0.29) is 0 Å². The Morgan fingerprint density at radius 3 is 3.57 bits per heavy atom. The molecule has 1 aliphatic rings. The van der Waals surface area contributed by atoms with Gasteiger partial charge in [0.05, 0.1) is 6.54 Å². The average molecular weight is 91.1 g/mol. The number of rotatable bonds is 0. The third-order valence-electron chi connectivity index (χ3n) is 0.694. The van der Waals surface area contributed by atoms with Crippen LogP contribution in [0.3, 0.4) is 0 Å². The van der Waals surface area contributed by atoms with Gasteiger partial charge in [0.2, 0.25) is 0 Å². The number of hydrogen-bond donors (Lipinski definition) is 0. The van der Waals surface area contributed by atoms with Gasteiger partial charge in [-0.1, -0.05) is 5.73 Å². The van der Waals surface area contributed by atoms with Gasteiger partial charge in [-0.25, -0.2) is 4.99 Å². The molecule has 0 atom stereocenters. The summed E-state index contributed by atoms with van der Waals surface area (Å²) in [7, 11) is 0. The summed E-state index contributed by atoms with van der Waals surface area (Å²) in [5.74, 6) is 2.58. The quantitative estimate of drug-likeness (QED) is 0.393. The molecule has 1 aliphatic heterocycles. The molecule has 0 amide bonds. The molecule has 0 spiro atoms. The van der Waals surface area contributed by atoms with E-state index in [9.17, 15) is 0 Å². The SMILES string of the molecule is C1=C=CCCN=C=1. The first kappa shape index (κ1) is 4.18. The molecule has 1 nitrogen and oxygen atoms in total. The molecule has 1 heteroatoms. The Kier molecular flexibility index (Phi) is 1.33. The lowest BCUT2D eigenvalue weighted by Gasteiger charge is -1.74. The Balaban J connectivity index is 3.00. The molecule has 0 N–H and O–H groups in total. The predicted octanol–water partition coefficient (Wildman–Crippen LogP) is 0.926. The van der Waals surface area contributed by atoms with Crippen molar-refractivity contribution in [1.82, 2.24) is 0 Å². The van der Waals surface area contributed by atoms with E-state index < -0.39 is 0 Å². The molecule has 0 bridgehead atoms. The minimum absolute atomic E-state index is 0.833. The Hall–Kier alpha value is -0.990. The maximum Gasteiger partial charge on any atom is 0.0531 e. The summed E-state index contributed by atoms with van der Waals surface area (Å²) in [6, 6.07) is 0. The standard InChI is InChI=1S/C6H5N/c1-2-4-6-7-5-3-1/h1H,3,5H2. The van der Waals surface area contributed by atoms with Gasteiger partial charge in [-0.05, 0) is 12.5 Å². The monoisotopic (exact) mass is 91.0 g/mol. The van der Waals surface area contributed by atoms with Crippen LogP contribution >= 0.6 is 0 Å². The molecule has 34 valence electrons. The van der Waals surface area contributed by atoms with E-state index in [1.165, 1.54) is 0 Å². The van der Waals surface area contributed by atoms with Gasteiger partial charge in [0.25, 0.3) is 0 Å². The molecule has 0 saturated carbocycles. The van der Waals surface area contributed by atoms with Crippen LogP contribution in [-0.2, 0) is 0 Å². The predicted molar refractivity (Wildman–Crippen MR) is 28.5 cm³/mol. The Morgan fingerprint density at radius 2 is 2.57 bits per heavy atom. The van der Waals surface area contributed by atoms with Gasteiger partial charge in [0, 0.05) is 11.6 Å². The maximum absolute atomic E-state index is 3.82. The second-order valence-corrected chi connectivity index (χ2v) is 1.26. The first-order chi connectivity index (χ1) is 3.50. The van der Waals surface area contributed by atoms with E-state index in [0.29, 0.717) is 0 Å². The van der Waals surface area contributed by atoms with Crippen molar-refractivity contribution in [3.05, 3.63) is 17.5 Å². The zero-order valence-corrected chi connectivity index (χ0v) is 3.94. The minimum atomic E-state index is 0.833. The van der Waals surface area contributed by atoms with Gasteiger partial charge < -0.3 is 0 Å². The van der Waals surface area contributed by atoms with Crippen LogP contribution in [-0.4, -0.2) is 12.4 Å². The van der Waals surface area contributed by atoms with Gasteiger partial charge in [0.15, 0.2) is 0 Å². The van der Waals surface area contributed by atoms with Gasteiger partial charge in [-0.3, -0.25) is 0 Å². The van der Waals surface area contributed by atoms with Crippen molar-refractivity contribution in [3.8, 4) is 0 Å². The highest BCUT2D eigenvalue weighted by molar-refractivity contribution is 5.50. The number of aliphatic imine (C=N–C) groups is 1. The van der Waals surface area contributed by atoms with Crippen molar-refractivity contribution in [2.24, 2.45) is 4.99 Å². The van der Waals surface area contributed by atoms with Crippen molar-refractivity contribution >= 4 is 5.87 Å². The summed E-state index contributed by atoms with van der Waals surface area (Å²) in [4.78, 5) is 3.82. The van der Waals surface area contributed by atoms with E-state index in [1.807, 2.05) is 6.08 Å². The lowest BCUT2D eigenvalue weighted by molar-refractivity contribution is 1.02. The van der Waals surface area contributed by atoms with Crippen molar-refractivity contribution in [2.45, 2.75) is 6.42 Å². The van der Waals surface area contributed by atoms with Gasteiger partial charge >= 0.3 is 0 Å². The van der Waals surface area contributed by atoms with Crippen LogP contribution < -0.4 is 0 Å². The highest BCUT2D eigenvalue weighted by Crippen LogP contribution is 1.81. The van der Waals surface area contributed by atoms with E-state index in [0.717, 1.165) is 13.0 Å². The molecule has 7 heavy (non-hydrogen) atoms. The van der Waals surface area contributed by atoms with Crippen molar-refractivity contribution in [3.63, 3.8) is 0 Å². The largest absolute Gasteiger partial charge is 0.234 e. The van der Waals surface area contributed by atoms with Gasteiger partial charge in [0.1, 0.15) is 0 Å². The Labute approximate surface area is 42.4 Å². The fraction of sp³-hybridized carbons (Fsp3) is 0.333. The summed E-state index contributed by atoms with van der Waals surface area (Å²) in [5.41, 5.74) is 5.39. The zero-order valence-electron chi connectivity index (χ0n) is 3.94. The molecule has 0 aliphatic carbocycles. The van der Waals surface area contributed by atoms with E-state index in [1.54, 1.807) is 0 Å². The smallest absolute Gasteiger partial charge is 0.0531 e. The molecule has 0 unspecified atom stereocenters. The molecular formula is C6H5N. The molecule has 0 radical (unpaired) electrons. The Bertz CT molecular complexity index is 154. The molecular weight excluding hydrogens is 86.1 g/mol. The highest BCUT2D eigenvalue weighted by atomic mass is 14.7. The molecule has 1 heterocycles. The molecule has 0 aromatic rings. The van der Waals surface area contributed by atoms with Crippen LogP contribution in [0.2, 0.25) is 0 Å². The van der Waals surface area contributed by atoms with Gasteiger partial charge in [-0.2, -0.15) is 0 Å². The second-order valence-electron chi connectivity index (χ2n) is 1.26. The summed E-state index contributed by atoms with van der Waals surface area (Å²) in [6.07, 6.45) is 2.88. The van der Waals surface area contributed by atoms with Crippen molar-refractivity contribution in [1.29, 1.82) is 0 Å². The van der Waals surface area contributed by atoms with Crippen LogP contribution in [0, 0.1) is 0 Å². The van der Waals surface area contributed by atoms with E-state index in [2.05, 4.69) is 22.3 Å². The molecule has 0 aromatic carbocycles. The topological polar surface area (TPSA) is 12.4 Å². The van der Waals surface area contributed by atoms with Crippen LogP contribution in [0.5, 0.6) is 0 Å². The highest BCUT2D eigenvalue weighted by Gasteiger charge is 1.73. The third kappa shape index (κ3) is 1.26. The zero-order chi connectivity index (χ0) is 4.95. The van der Waals surface area contributed by atoms with E-state index >= 15 is 0 Å². The molecule has 0 fully saturated rings. The van der Waals surface area contributed by atoms with Crippen LogP contribution in [0.1, 0.15) is 6.42 Å². The van der Waals surface area contributed by atoms with Gasteiger partial charge in [-0.15, -0.1) is 0 Å². The normalized spacial score (nSPS) is 14.9. The summed E-state index contributed by atoms with van der Waals surface area (Å²) < 4.78 is 0. The average Bonchev–Trinajstić information content (AvgIpc) is 1.90. The Morgan fingerprint density at radius 1 is 1.57 bits per heavy atom. The number of nitrogens with zero attached hydrogens (tertiary/aromatic N) is 1. The van der Waals surface area contributed by atoms with Crippen molar-refractivity contribution < 1.29 is 0 Å². The summed E-state index contributed by atoms with van der Waals surface area (Å²) in [5, 5.41) is 0. The lowest BCUT2D eigenvalue weighted by Crippen LogP contribution is -1.69. The molecule has 1 rings (SSSR count). The maximum atomic E-state index is 3.82. The lowest BCUT2D eigenvalue weighted by atomic mass is 10.4. The molecule has 0 saturated heterocycles. The fourth-order valence-corrected chi connectivity index (χ4v) is 0.380. The van der Waals surface area contributed by atoms with Crippen LogP contribution in [0.4, 0.5) is 0 Å². The minimum Gasteiger partial charge on any atom is -0.234 e. The number of hydrogen-bond acceptors (Lipinski definition) is 1. The summed E-state index contributed by atoms with van der Waals surface area (Å²) >= 11 is 0. The third-order valence-corrected chi connectivity index (χ3v) is 0.694. The van der Waals surface area contributed by atoms with E-state index in [4.69, 9.17) is 0 Å². The van der Waals surface area contributed by atoms with Crippen LogP contribution in [0.25, 0.3) is 0 Å². The van der Waals surface area contributed by atoms with Crippen LogP contribution in [0.15, 0.2) is 22.5 Å². The summed E-state index contributed by atoms with van der Waals surface area (Å²) in [6.45, 7) is 0.833. The fourth-order valence-electron chi connectivity index (χ4n) is 0.380. The first-order valence-electron chi connectivity index (χ1n) is 2.24. The first-order valence-corrected chi connectivity index (χ1v) is 2.24. The molecule has 0 aromatic heterocycles.